The van der Waals surface area contributed by atoms with E-state index in [-0.39, 0.29) is 0 Å². The molecule has 3 rings (SSSR count). The Kier molecular flexibility index (Phi) is 5.02. The minimum absolute atomic E-state index is 0.407. The predicted molar refractivity (Wildman–Crippen MR) is 91.0 cm³/mol. The van der Waals surface area contributed by atoms with Gasteiger partial charge in [-0.15, -0.1) is 0 Å². The second-order valence-electron chi connectivity index (χ2n) is 5.96. The summed E-state index contributed by atoms with van der Waals surface area (Å²) < 4.78 is 5.40. The average molecular weight is 313 g/mol. The lowest BCUT2D eigenvalue weighted by Crippen LogP contribution is -2.29. The topological polar surface area (TPSA) is 72.0 Å². The number of aromatic nitrogens is 3. The van der Waals surface area contributed by atoms with Crippen molar-refractivity contribution in [1.29, 1.82) is 0 Å². The number of nitrogens with one attached hydrogen (secondary N) is 2. The standard InChI is InChI=1S/C17H23N5O/c1-12-9-18-8-7-16(12)21-14-10-19-17(20-11-14)22-13-3-5-15(23-2)6-4-13/h7-11,13,15H,3-6H2,1-2H3,(H,18,21)(H,19,20,22)/t13-,15-. The number of hydrogen-bond donors (Lipinski definition) is 2. The summed E-state index contributed by atoms with van der Waals surface area (Å²) in [5.74, 6) is 0.683. The Morgan fingerprint density at radius 2 is 1.83 bits per heavy atom. The maximum Gasteiger partial charge on any atom is 0.222 e. The van der Waals surface area contributed by atoms with E-state index in [1.165, 1.54) is 0 Å². The summed E-state index contributed by atoms with van der Waals surface area (Å²) in [6, 6.07) is 2.37. The van der Waals surface area contributed by atoms with Gasteiger partial charge >= 0.3 is 0 Å². The highest BCUT2D eigenvalue weighted by atomic mass is 16.5. The lowest BCUT2D eigenvalue weighted by Gasteiger charge is -2.28. The molecule has 2 N–H and O–H groups in total. The molecule has 0 unspecified atom stereocenters. The van der Waals surface area contributed by atoms with Crippen LogP contribution in [0, 0.1) is 6.92 Å². The van der Waals surface area contributed by atoms with E-state index in [9.17, 15) is 0 Å². The molecule has 23 heavy (non-hydrogen) atoms. The van der Waals surface area contributed by atoms with Crippen molar-refractivity contribution in [1.82, 2.24) is 15.0 Å². The van der Waals surface area contributed by atoms with Crippen LogP contribution in [0.2, 0.25) is 0 Å². The summed E-state index contributed by atoms with van der Waals surface area (Å²) in [4.78, 5) is 12.9. The smallest absolute Gasteiger partial charge is 0.222 e. The van der Waals surface area contributed by atoms with Gasteiger partial charge in [-0.1, -0.05) is 0 Å². The molecular weight excluding hydrogens is 290 g/mol. The predicted octanol–water partition coefficient (Wildman–Crippen LogP) is 3.29. The molecule has 0 saturated heterocycles. The molecule has 0 spiro atoms. The summed E-state index contributed by atoms with van der Waals surface area (Å²) >= 11 is 0. The molecule has 2 aromatic heterocycles. The summed E-state index contributed by atoms with van der Waals surface area (Å²) in [7, 11) is 1.79. The quantitative estimate of drug-likeness (QED) is 0.882. The van der Waals surface area contributed by atoms with Crippen LogP contribution in [0.4, 0.5) is 17.3 Å². The Labute approximate surface area is 136 Å². The minimum Gasteiger partial charge on any atom is -0.381 e. The van der Waals surface area contributed by atoms with Gasteiger partial charge in [0.25, 0.3) is 0 Å². The van der Waals surface area contributed by atoms with Crippen LogP contribution in [0.15, 0.2) is 30.9 Å². The van der Waals surface area contributed by atoms with Crippen molar-refractivity contribution in [2.75, 3.05) is 17.7 Å². The second kappa shape index (κ2) is 7.37. The van der Waals surface area contributed by atoms with E-state index < -0.39 is 0 Å². The van der Waals surface area contributed by atoms with Gasteiger partial charge in [0.2, 0.25) is 5.95 Å². The van der Waals surface area contributed by atoms with E-state index >= 15 is 0 Å². The number of rotatable bonds is 5. The monoisotopic (exact) mass is 313 g/mol. The maximum absolute atomic E-state index is 5.40. The van der Waals surface area contributed by atoms with Crippen LogP contribution in [0.25, 0.3) is 0 Å². The van der Waals surface area contributed by atoms with E-state index in [1.54, 1.807) is 25.7 Å². The largest absolute Gasteiger partial charge is 0.381 e. The molecule has 0 atom stereocenters. The SMILES string of the molecule is CO[C@H]1CC[C@H](Nc2ncc(Nc3ccncc3C)cn2)CC1. The van der Waals surface area contributed by atoms with Crippen LogP contribution >= 0.6 is 0 Å². The Morgan fingerprint density at radius 1 is 1.09 bits per heavy atom. The molecule has 0 aliphatic heterocycles. The Balaban J connectivity index is 1.56. The van der Waals surface area contributed by atoms with Crippen LogP contribution in [-0.2, 0) is 4.74 Å². The second-order valence-corrected chi connectivity index (χ2v) is 5.96. The molecule has 1 aliphatic rings. The van der Waals surface area contributed by atoms with Crippen LogP contribution in [0.3, 0.4) is 0 Å². The average Bonchev–Trinajstić information content (AvgIpc) is 2.59. The molecule has 0 aromatic carbocycles. The van der Waals surface area contributed by atoms with Gasteiger partial charge in [-0.25, -0.2) is 9.97 Å². The van der Waals surface area contributed by atoms with Gasteiger partial charge in [0.15, 0.2) is 0 Å². The van der Waals surface area contributed by atoms with Crippen molar-refractivity contribution in [3.63, 3.8) is 0 Å². The number of aryl methyl sites for hydroxylation is 1. The van der Waals surface area contributed by atoms with Crippen molar-refractivity contribution in [3.05, 3.63) is 36.4 Å². The van der Waals surface area contributed by atoms with Gasteiger partial charge in [0.05, 0.1) is 24.2 Å². The zero-order chi connectivity index (χ0) is 16.1. The van der Waals surface area contributed by atoms with Gasteiger partial charge < -0.3 is 15.4 Å². The lowest BCUT2D eigenvalue weighted by atomic mass is 9.93. The van der Waals surface area contributed by atoms with Crippen LogP contribution in [0.5, 0.6) is 0 Å². The van der Waals surface area contributed by atoms with Crippen LogP contribution in [-0.4, -0.2) is 34.2 Å². The zero-order valence-electron chi connectivity index (χ0n) is 13.6. The van der Waals surface area contributed by atoms with Gasteiger partial charge in [0, 0.05) is 31.2 Å². The molecule has 0 bridgehead atoms. The van der Waals surface area contributed by atoms with Crippen molar-refractivity contribution < 1.29 is 4.74 Å². The first kappa shape index (κ1) is 15.7. The Morgan fingerprint density at radius 3 is 2.48 bits per heavy atom. The number of nitrogens with zero attached hydrogens (tertiary/aromatic N) is 3. The molecule has 122 valence electrons. The highest BCUT2D eigenvalue weighted by Crippen LogP contribution is 2.23. The molecule has 1 aliphatic carbocycles. The first-order valence-electron chi connectivity index (χ1n) is 8.03. The number of ether oxygens (including phenoxy) is 1. The molecule has 2 aromatic rings. The molecule has 2 heterocycles. The van der Waals surface area contributed by atoms with E-state index in [0.717, 1.165) is 42.6 Å². The van der Waals surface area contributed by atoms with Crippen LogP contribution < -0.4 is 10.6 Å². The van der Waals surface area contributed by atoms with Crippen molar-refractivity contribution in [3.8, 4) is 0 Å². The lowest BCUT2D eigenvalue weighted by molar-refractivity contribution is 0.0681. The fraction of sp³-hybridized carbons (Fsp3) is 0.471. The zero-order valence-corrected chi connectivity index (χ0v) is 13.6. The van der Waals surface area contributed by atoms with Crippen molar-refractivity contribution >= 4 is 17.3 Å². The number of methoxy groups -OCH3 is 1. The van der Waals surface area contributed by atoms with E-state index in [4.69, 9.17) is 4.74 Å². The van der Waals surface area contributed by atoms with E-state index in [0.29, 0.717) is 18.1 Å². The number of hydrogen-bond acceptors (Lipinski definition) is 6. The van der Waals surface area contributed by atoms with Crippen molar-refractivity contribution in [2.24, 2.45) is 0 Å². The first-order valence-corrected chi connectivity index (χ1v) is 8.03. The van der Waals surface area contributed by atoms with Crippen LogP contribution in [0.1, 0.15) is 31.2 Å². The first-order chi connectivity index (χ1) is 11.2. The molecule has 1 saturated carbocycles. The fourth-order valence-electron chi connectivity index (χ4n) is 2.86. The summed E-state index contributed by atoms with van der Waals surface area (Å²) in [5.41, 5.74) is 2.97. The molecule has 0 radical (unpaired) electrons. The molecule has 6 heteroatoms. The summed E-state index contributed by atoms with van der Waals surface area (Å²) in [5, 5.41) is 6.72. The summed E-state index contributed by atoms with van der Waals surface area (Å²) in [6.45, 7) is 2.02. The van der Waals surface area contributed by atoms with Gasteiger partial charge in [-0.2, -0.15) is 0 Å². The fourth-order valence-corrected chi connectivity index (χ4v) is 2.86. The minimum atomic E-state index is 0.407. The van der Waals surface area contributed by atoms with Gasteiger partial charge in [-0.3, -0.25) is 4.98 Å². The van der Waals surface area contributed by atoms with E-state index in [2.05, 4.69) is 25.6 Å². The Hall–Kier alpha value is -2.21. The summed E-state index contributed by atoms with van der Waals surface area (Å²) in [6.07, 6.45) is 12.0. The van der Waals surface area contributed by atoms with E-state index in [1.807, 2.05) is 19.2 Å². The third kappa shape index (κ3) is 4.16. The van der Waals surface area contributed by atoms with Gasteiger partial charge in [0.1, 0.15) is 0 Å². The Bertz CT molecular complexity index is 623. The molecule has 0 amide bonds. The van der Waals surface area contributed by atoms with Gasteiger partial charge in [-0.05, 0) is 44.2 Å². The number of pyridine rings is 1. The highest BCUT2D eigenvalue weighted by molar-refractivity contribution is 5.61. The molecular formula is C17H23N5O. The van der Waals surface area contributed by atoms with Crippen molar-refractivity contribution in [2.45, 2.75) is 44.8 Å². The highest BCUT2D eigenvalue weighted by Gasteiger charge is 2.21. The molecule has 1 fully saturated rings. The normalized spacial score (nSPS) is 21.0. The third-order valence-electron chi connectivity index (χ3n) is 4.29. The maximum atomic E-state index is 5.40. The third-order valence-corrected chi connectivity index (χ3v) is 4.29. The number of anilines is 3. The molecule has 6 nitrogen and oxygen atoms in total.